The van der Waals surface area contributed by atoms with Gasteiger partial charge >= 0.3 is 0 Å². The lowest BCUT2D eigenvalue weighted by molar-refractivity contribution is 0.104. The molecule has 1 unspecified atom stereocenters. The van der Waals surface area contributed by atoms with Gasteiger partial charge in [0.1, 0.15) is 11.5 Å². The molecular weight excluding hydrogens is 302 g/mol. The van der Waals surface area contributed by atoms with Crippen molar-refractivity contribution in [1.82, 2.24) is 5.32 Å². The minimum atomic E-state index is 0.0433. The fraction of sp³-hybridized carbons (Fsp3) is 0.350. The molecule has 0 saturated carbocycles. The van der Waals surface area contributed by atoms with Gasteiger partial charge in [0.25, 0.3) is 0 Å². The zero-order valence-corrected chi connectivity index (χ0v) is 13.8. The van der Waals surface area contributed by atoms with Gasteiger partial charge in [-0.05, 0) is 55.6 Å². The number of nitrogens with one attached hydrogen (secondary N) is 1. The fourth-order valence-electron chi connectivity index (χ4n) is 3.63. The van der Waals surface area contributed by atoms with E-state index in [0.29, 0.717) is 24.0 Å². The number of hydrogen-bond donors (Lipinski definition) is 1. The van der Waals surface area contributed by atoms with Crippen LogP contribution in [0, 0.1) is 0 Å². The molecule has 4 rings (SSSR count). The second-order valence-corrected chi connectivity index (χ2v) is 6.35. The monoisotopic (exact) mass is 323 g/mol. The molecule has 1 saturated heterocycles. The molecule has 1 aliphatic heterocycles. The van der Waals surface area contributed by atoms with Gasteiger partial charge in [-0.25, -0.2) is 0 Å². The van der Waals surface area contributed by atoms with Gasteiger partial charge in [0.15, 0.2) is 5.78 Å². The van der Waals surface area contributed by atoms with Gasteiger partial charge in [0.05, 0.1) is 13.7 Å². The zero-order chi connectivity index (χ0) is 16.5. The topological polar surface area (TPSA) is 47.6 Å². The third kappa shape index (κ3) is 2.57. The third-order valence-electron chi connectivity index (χ3n) is 4.90. The first kappa shape index (κ1) is 15.2. The van der Waals surface area contributed by atoms with Crippen LogP contribution >= 0.6 is 0 Å². The molecule has 4 nitrogen and oxygen atoms in total. The molecule has 0 radical (unpaired) electrons. The van der Waals surface area contributed by atoms with Crippen LogP contribution in [0.25, 0.3) is 11.1 Å². The first-order valence-electron chi connectivity index (χ1n) is 8.50. The van der Waals surface area contributed by atoms with Crippen molar-refractivity contribution >= 4 is 5.78 Å². The number of carbonyl (C=O) groups excluding carboxylic acids is 1. The highest BCUT2D eigenvalue weighted by molar-refractivity contribution is 6.22. The average Bonchev–Trinajstić information content (AvgIpc) is 3.22. The maximum atomic E-state index is 12.7. The normalized spacial score (nSPS) is 18.4. The number of ether oxygens (including phenoxy) is 2. The van der Waals surface area contributed by atoms with E-state index in [9.17, 15) is 4.79 Å². The highest BCUT2D eigenvalue weighted by Gasteiger charge is 2.30. The van der Waals surface area contributed by atoms with Gasteiger partial charge in [0, 0.05) is 22.7 Å². The SMILES string of the molecule is COc1ccc2c(c1)C(=O)c1cccc(OCCC3CCCN3)c1-2. The Bertz CT molecular complexity index is 778. The molecule has 0 bridgehead atoms. The fourth-order valence-corrected chi connectivity index (χ4v) is 3.63. The Morgan fingerprint density at radius 3 is 2.88 bits per heavy atom. The van der Waals surface area contributed by atoms with Crippen LogP contribution in [0.2, 0.25) is 0 Å². The van der Waals surface area contributed by atoms with Crippen LogP contribution in [-0.4, -0.2) is 32.1 Å². The highest BCUT2D eigenvalue weighted by Crippen LogP contribution is 2.43. The van der Waals surface area contributed by atoms with Crippen molar-refractivity contribution in [3.8, 4) is 22.6 Å². The molecule has 0 amide bonds. The maximum Gasteiger partial charge on any atom is 0.194 e. The van der Waals surface area contributed by atoms with E-state index in [4.69, 9.17) is 9.47 Å². The lowest BCUT2D eigenvalue weighted by atomic mass is 10.0. The van der Waals surface area contributed by atoms with Crippen LogP contribution in [0.5, 0.6) is 11.5 Å². The lowest BCUT2D eigenvalue weighted by Crippen LogP contribution is -2.23. The second-order valence-electron chi connectivity index (χ2n) is 6.35. The molecule has 124 valence electrons. The van der Waals surface area contributed by atoms with Gasteiger partial charge < -0.3 is 14.8 Å². The summed E-state index contributed by atoms with van der Waals surface area (Å²) in [5, 5.41) is 3.48. The van der Waals surface area contributed by atoms with Crippen molar-refractivity contribution in [2.45, 2.75) is 25.3 Å². The number of benzene rings is 2. The van der Waals surface area contributed by atoms with Gasteiger partial charge in [-0.3, -0.25) is 4.79 Å². The van der Waals surface area contributed by atoms with Gasteiger partial charge in [-0.1, -0.05) is 12.1 Å². The van der Waals surface area contributed by atoms with Gasteiger partial charge in [0.2, 0.25) is 0 Å². The molecule has 1 atom stereocenters. The van der Waals surface area contributed by atoms with Crippen molar-refractivity contribution in [3.05, 3.63) is 47.5 Å². The summed E-state index contributed by atoms with van der Waals surface area (Å²) in [6, 6.07) is 11.9. The van der Waals surface area contributed by atoms with Gasteiger partial charge in [-0.2, -0.15) is 0 Å². The highest BCUT2D eigenvalue weighted by atomic mass is 16.5. The number of ketones is 1. The third-order valence-corrected chi connectivity index (χ3v) is 4.90. The number of hydrogen-bond acceptors (Lipinski definition) is 4. The minimum absolute atomic E-state index is 0.0433. The molecule has 2 aromatic carbocycles. The predicted molar refractivity (Wildman–Crippen MR) is 93.0 cm³/mol. The molecule has 1 heterocycles. The summed E-state index contributed by atoms with van der Waals surface area (Å²) in [5.41, 5.74) is 3.26. The summed E-state index contributed by atoms with van der Waals surface area (Å²) in [4.78, 5) is 12.7. The zero-order valence-electron chi connectivity index (χ0n) is 13.8. The number of carbonyl (C=O) groups is 1. The lowest BCUT2D eigenvalue weighted by Gasteiger charge is -2.14. The summed E-state index contributed by atoms with van der Waals surface area (Å²) in [6.07, 6.45) is 3.46. The van der Waals surface area contributed by atoms with E-state index in [2.05, 4.69) is 5.32 Å². The Hall–Kier alpha value is -2.33. The van der Waals surface area contributed by atoms with Crippen LogP contribution in [0.15, 0.2) is 36.4 Å². The number of fused-ring (bicyclic) bond motifs is 3. The Morgan fingerprint density at radius 2 is 2.08 bits per heavy atom. The molecule has 24 heavy (non-hydrogen) atoms. The standard InChI is InChI=1S/C20H21NO3/c1-23-14-7-8-15-17(12-14)20(22)16-5-2-6-18(19(15)16)24-11-9-13-4-3-10-21-13/h2,5-8,12-13,21H,3-4,9-11H2,1H3. The van der Waals surface area contributed by atoms with E-state index < -0.39 is 0 Å². The van der Waals surface area contributed by atoms with E-state index in [1.54, 1.807) is 7.11 Å². The minimum Gasteiger partial charge on any atom is -0.497 e. The van der Waals surface area contributed by atoms with Crippen molar-refractivity contribution < 1.29 is 14.3 Å². The van der Waals surface area contributed by atoms with Crippen LogP contribution in [0.1, 0.15) is 35.2 Å². The average molecular weight is 323 g/mol. The quantitative estimate of drug-likeness (QED) is 0.781. The van der Waals surface area contributed by atoms with Crippen molar-refractivity contribution in [1.29, 1.82) is 0 Å². The molecule has 1 N–H and O–H groups in total. The van der Waals surface area contributed by atoms with Crippen LogP contribution in [0.4, 0.5) is 0 Å². The molecule has 4 heteroatoms. The number of rotatable bonds is 5. The van der Waals surface area contributed by atoms with E-state index in [1.165, 1.54) is 12.8 Å². The smallest absolute Gasteiger partial charge is 0.194 e. The molecule has 1 fully saturated rings. The first-order valence-corrected chi connectivity index (χ1v) is 8.50. The molecule has 0 spiro atoms. The summed E-state index contributed by atoms with van der Waals surface area (Å²) < 4.78 is 11.3. The van der Waals surface area contributed by atoms with E-state index in [1.807, 2.05) is 36.4 Å². The van der Waals surface area contributed by atoms with E-state index in [-0.39, 0.29) is 5.78 Å². The Kier molecular flexibility index (Phi) is 3.98. The molecule has 0 aromatic heterocycles. The summed E-state index contributed by atoms with van der Waals surface area (Å²) in [5.74, 6) is 1.54. The van der Waals surface area contributed by atoms with Crippen molar-refractivity contribution in [2.24, 2.45) is 0 Å². The van der Waals surface area contributed by atoms with Crippen LogP contribution in [-0.2, 0) is 0 Å². The summed E-state index contributed by atoms with van der Waals surface area (Å²) in [6.45, 7) is 1.77. The summed E-state index contributed by atoms with van der Waals surface area (Å²) in [7, 11) is 1.61. The molecule has 1 aliphatic carbocycles. The van der Waals surface area contributed by atoms with Crippen LogP contribution in [0.3, 0.4) is 0 Å². The second kappa shape index (κ2) is 6.29. The maximum absolute atomic E-state index is 12.7. The first-order chi connectivity index (χ1) is 11.8. The van der Waals surface area contributed by atoms with Crippen LogP contribution < -0.4 is 14.8 Å². The van der Waals surface area contributed by atoms with E-state index >= 15 is 0 Å². The Balaban J connectivity index is 1.61. The molecule has 2 aliphatic rings. The van der Waals surface area contributed by atoms with Gasteiger partial charge in [-0.15, -0.1) is 0 Å². The van der Waals surface area contributed by atoms with Crippen molar-refractivity contribution in [3.63, 3.8) is 0 Å². The molecular formula is C20H21NO3. The Labute approximate surface area is 141 Å². The molecule has 2 aromatic rings. The summed E-state index contributed by atoms with van der Waals surface area (Å²) >= 11 is 0. The Morgan fingerprint density at radius 1 is 1.17 bits per heavy atom. The van der Waals surface area contributed by atoms with Crippen molar-refractivity contribution in [2.75, 3.05) is 20.3 Å². The predicted octanol–water partition coefficient (Wildman–Crippen LogP) is 3.43. The number of methoxy groups -OCH3 is 1. The van der Waals surface area contributed by atoms with E-state index in [0.717, 1.165) is 35.4 Å². The largest absolute Gasteiger partial charge is 0.497 e.